The van der Waals surface area contributed by atoms with Gasteiger partial charge in [0.25, 0.3) is 5.56 Å². The zero-order chi connectivity index (χ0) is 12.4. The van der Waals surface area contributed by atoms with Gasteiger partial charge in [0.05, 0.1) is 12.3 Å². The first-order chi connectivity index (χ1) is 8.08. The van der Waals surface area contributed by atoms with E-state index in [0.29, 0.717) is 17.0 Å². The number of aromatic amines is 1. The lowest BCUT2D eigenvalue weighted by atomic mass is 10.1. The van der Waals surface area contributed by atoms with E-state index in [4.69, 9.17) is 4.74 Å². The first kappa shape index (κ1) is 12.8. The second-order valence-electron chi connectivity index (χ2n) is 4.87. The number of nitrogens with one attached hydrogen (secondary N) is 1. The van der Waals surface area contributed by atoms with Crippen molar-refractivity contribution in [2.24, 2.45) is 5.92 Å². The molecule has 1 aromatic rings. The molecule has 1 aliphatic heterocycles. The van der Waals surface area contributed by atoms with E-state index in [1.54, 1.807) is 0 Å². The Kier molecular flexibility index (Phi) is 3.99. The molecule has 94 valence electrons. The van der Waals surface area contributed by atoms with Crippen LogP contribution in [0.1, 0.15) is 37.7 Å². The van der Waals surface area contributed by atoms with Crippen LogP contribution >= 0.6 is 15.9 Å². The molecule has 0 bridgehead atoms. The third-order valence-electron chi connectivity index (χ3n) is 2.87. The minimum Gasteiger partial charge on any atom is -0.381 e. The van der Waals surface area contributed by atoms with Gasteiger partial charge in [0, 0.05) is 12.5 Å². The lowest BCUT2D eigenvalue weighted by Crippen LogP contribution is -2.19. The van der Waals surface area contributed by atoms with Gasteiger partial charge in [-0.05, 0) is 34.7 Å². The van der Waals surface area contributed by atoms with Crippen molar-refractivity contribution in [2.45, 2.75) is 32.6 Å². The largest absolute Gasteiger partial charge is 0.381 e. The molecule has 17 heavy (non-hydrogen) atoms. The van der Waals surface area contributed by atoms with Gasteiger partial charge in [-0.25, -0.2) is 4.98 Å². The highest BCUT2D eigenvalue weighted by molar-refractivity contribution is 9.10. The second-order valence-corrected chi connectivity index (χ2v) is 5.66. The first-order valence-electron chi connectivity index (χ1n) is 5.94. The Balaban J connectivity index is 2.34. The number of aromatic nitrogens is 2. The summed E-state index contributed by atoms with van der Waals surface area (Å²) >= 11 is 3.31. The molecule has 4 nitrogen and oxygen atoms in total. The Morgan fingerprint density at radius 2 is 2.35 bits per heavy atom. The van der Waals surface area contributed by atoms with Crippen LogP contribution in [0, 0.1) is 5.92 Å². The fraction of sp³-hybridized carbons (Fsp3) is 0.667. The highest BCUT2D eigenvalue weighted by Gasteiger charge is 2.22. The number of halogens is 1. The molecule has 1 aliphatic rings. The molecule has 0 amide bonds. The van der Waals surface area contributed by atoms with Crippen molar-refractivity contribution in [3.8, 4) is 0 Å². The van der Waals surface area contributed by atoms with Gasteiger partial charge < -0.3 is 9.72 Å². The molecule has 1 saturated heterocycles. The summed E-state index contributed by atoms with van der Waals surface area (Å²) in [5.41, 5.74) is 0.767. The van der Waals surface area contributed by atoms with Crippen molar-refractivity contribution >= 4 is 15.9 Å². The van der Waals surface area contributed by atoms with Crippen LogP contribution in [-0.2, 0) is 11.2 Å². The molecule has 1 N–H and O–H groups in total. The molecule has 2 heterocycles. The number of rotatable bonds is 3. The summed E-state index contributed by atoms with van der Waals surface area (Å²) in [4.78, 5) is 19.2. The van der Waals surface area contributed by atoms with Crippen LogP contribution in [0.2, 0.25) is 0 Å². The summed E-state index contributed by atoms with van der Waals surface area (Å²) < 4.78 is 5.89. The van der Waals surface area contributed by atoms with E-state index in [1.165, 1.54) is 0 Å². The molecule has 1 unspecified atom stereocenters. The van der Waals surface area contributed by atoms with Crippen molar-refractivity contribution in [1.82, 2.24) is 9.97 Å². The molecule has 1 fully saturated rings. The minimum atomic E-state index is -0.0856. The summed E-state index contributed by atoms with van der Waals surface area (Å²) in [5, 5.41) is 0. The van der Waals surface area contributed by atoms with Gasteiger partial charge in [-0.2, -0.15) is 0 Å². The topological polar surface area (TPSA) is 55.0 Å². The Morgan fingerprint density at radius 3 is 2.94 bits per heavy atom. The van der Waals surface area contributed by atoms with Gasteiger partial charge in [-0.1, -0.05) is 13.8 Å². The smallest absolute Gasteiger partial charge is 0.265 e. The third-order valence-corrected chi connectivity index (χ3v) is 3.69. The molecule has 1 aromatic heterocycles. The molecule has 5 heteroatoms. The highest BCUT2D eigenvalue weighted by Crippen LogP contribution is 2.23. The number of nitrogens with zero attached hydrogens (tertiary/aromatic N) is 1. The van der Waals surface area contributed by atoms with Crippen molar-refractivity contribution in [3.63, 3.8) is 0 Å². The maximum atomic E-state index is 11.8. The monoisotopic (exact) mass is 300 g/mol. The van der Waals surface area contributed by atoms with E-state index in [2.05, 4.69) is 39.7 Å². The van der Waals surface area contributed by atoms with Gasteiger partial charge >= 0.3 is 0 Å². The van der Waals surface area contributed by atoms with E-state index in [1.807, 2.05) is 0 Å². The maximum absolute atomic E-state index is 11.8. The van der Waals surface area contributed by atoms with Crippen LogP contribution in [0.25, 0.3) is 0 Å². The van der Waals surface area contributed by atoms with Crippen LogP contribution in [0.5, 0.6) is 0 Å². The zero-order valence-corrected chi connectivity index (χ0v) is 11.7. The van der Waals surface area contributed by atoms with E-state index in [0.717, 1.165) is 31.0 Å². The van der Waals surface area contributed by atoms with E-state index in [-0.39, 0.29) is 11.5 Å². The predicted octanol–water partition coefficient (Wildman–Crippen LogP) is 2.23. The van der Waals surface area contributed by atoms with Crippen molar-refractivity contribution in [2.75, 3.05) is 13.2 Å². The number of H-pyrrole nitrogens is 1. The van der Waals surface area contributed by atoms with Crippen LogP contribution in [0.4, 0.5) is 0 Å². The average molecular weight is 301 g/mol. The fourth-order valence-corrected chi connectivity index (χ4v) is 2.34. The Hall–Kier alpha value is -0.680. The number of hydrogen-bond donors (Lipinski definition) is 1. The van der Waals surface area contributed by atoms with Gasteiger partial charge in [0.1, 0.15) is 10.3 Å². The normalized spacial score (nSPS) is 20.1. The zero-order valence-electron chi connectivity index (χ0n) is 10.1. The average Bonchev–Trinajstić information content (AvgIpc) is 2.77. The summed E-state index contributed by atoms with van der Waals surface area (Å²) in [7, 11) is 0. The highest BCUT2D eigenvalue weighted by atomic mass is 79.9. The van der Waals surface area contributed by atoms with Gasteiger partial charge in [-0.15, -0.1) is 0 Å². The van der Waals surface area contributed by atoms with Crippen LogP contribution in [-0.4, -0.2) is 23.2 Å². The molecular formula is C12H17BrN2O2. The van der Waals surface area contributed by atoms with E-state index >= 15 is 0 Å². The summed E-state index contributed by atoms with van der Waals surface area (Å²) in [6.07, 6.45) is 1.75. The summed E-state index contributed by atoms with van der Waals surface area (Å²) in [5.74, 6) is 1.49. The van der Waals surface area contributed by atoms with Gasteiger partial charge in [0.15, 0.2) is 0 Å². The van der Waals surface area contributed by atoms with Gasteiger partial charge in [-0.3, -0.25) is 4.79 Å². The number of ether oxygens (including phenoxy) is 1. The Bertz CT molecular complexity index is 450. The van der Waals surface area contributed by atoms with E-state index in [9.17, 15) is 4.79 Å². The Labute approximate surface area is 109 Å². The first-order valence-corrected chi connectivity index (χ1v) is 6.73. The Morgan fingerprint density at radius 1 is 1.59 bits per heavy atom. The fourth-order valence-electron chi connectivity index (χ4n) is 1.99. The predicted molar refractivity (Wildman–Crippen MR) is 69.3 cm³/mol. The molecule has 0 radical (unpaired) electrons. The van der Waals surface area contributed by atoms with Gasteiger partial charge in [0.2, 0.25) is 0 Å². The summed E-state index contributed by atoms with van der Waals surface area (Å²) in [6, 6.07) is 0. The lowest BCUT2D eigenvalue weighted by Gasteiger charge is -2.11. The van der Waals surface area contributed by atoms with E-state index < -0.39 is 0 Å². The molecule has 0 saturated carbocycles. The quantitative estimate of drug-likeness (QED) is 0.931. The molecule has 2 rings (SSSR count). The van der Waals surface area contributed by atoms with Crippen LogP contribution in [0.15, 0.2) is 9.27 Å². The molecule has 0 spiro atoms. The standard InChI is InChI=1S/C12H17BrN2O2/c1-7(2)5-9-10(13)12(16)15-11(14-9)8-3-4-17-6-8/h7-8H,3-6H2,1-2H3,(H,14,15,16). The SMILES string of the molecule is CC(C)Cc1nc(C2CCOC2)[nH]c(=O)c1Br. The molecule has 1 atom stereocenters. The summed E-state index contributed by atoms with van der Waals surface area (Å²) in [6.45, 7) is 5.65. The maximum Gasteiger partial charge on any atom is 0.265 e. The van der Waals surface area contributed by atoms with Crippen molar-refractivity contribution in [1.29, 1.82) is 0 Å². The number of hydrogen-bond acceptors (Lipinski definition) is 3. The van der Waals surface area contributed by atoms with Crippen molar-refractivity contribution in [3.05, 3.63) is 26.3 Å². The second kappa shape index (κ2) is 5.31. The minimum absolute atomic E-state index is 0.0856. The van der Waals surface area contributed by atoms with Crippen LogP contribution < -0.4 is 5.56 Å². The molecule has 0 aliphatic carbocycles. The molecular weight excluding hydrogens is 284 g/mol. The third kappa shape index (κ3) is 2.96. The molecule has 0 aromatic carbocycles. The lowest BCUT2D eigenvalue weighted by molar-refractivity contribution is 0.193. The van der Waals surface area contributed by atoms with Crippen molar-refractivity contribution < 1.29 is 4.74 Å². The van der Waals surface area contributed by atoms with Crippen LogP contribution in [0.3, 0.4) is 0 Å².